The minimum Gasteiger partial charge on any atom is -0.493 e. The molecule has 3 aromatic carbocycles. The Morgan fingerprint density at radius 1 is 0.776 bits per heavy atom. The van der Waals surface area contributed by atoms with Gasteiger partial charge in [-0.15, -0.1) is 0 Å². The average molecular weight is 964 g/mol. The van der Waals surface area contributed by atoms with E-state index in [2.05, 4.69) is 11.0 Å². The fourth-order valence-electron chi connectivity index (χ4n) is 8.80. The van der Waals surface area contributed by atoms with Crippen LogP contribution >= 0.6 is 23.2 Å². The molecule has 2 saturated carbocycles. The van der Waals surface area contributed by atoms with E-state index in [4.69, 9.17) is 64.6 Å². The van der Waals surface area contributed by atoms with Gasteiger partial charge in [-0.3, -0.25) is 14.5 Å². The number of benzene rings is 3. The van der Waals surface area contributed by atoms with Gasteiger partial charge in [0.2, 0.25) is 5.91 Å². The first-order valence-corrected chi connectivity index (χ1v) is 23.5. The van der Waals surface area contributed by atoms with Crippen LogP contribution in [0.3, 0.4) is 0 Å². The van der Waals surface area contributed by atoms with E-state index in [9.17, 15) is 14.4 Å². The van der Waals surface area contributed by atoms with Crippen molar-refractivity contribution in [1.29, 1.82) is 0 Å². The molecule has 3 fully saturated rings. The third kappa shape index (κ3) is 12.5. The highest BCUT2D eigenvalue weighted by molar-refractivity contribution is 6.37. The van der Waals surface area contributed by atoms with E-state index in [-0.39, 0.29) is 67.0 Å². The predicted octanol–water partition coefficient (Wildman–Crippen LogP) is 8.60. The fraction of sp³-hybridized carbons (Fsp3) is 0.480. The third-order valence-electron chi connectivity index (χ3n) is 12.6. The molecule has 0 N–H and O–H groups in total. The zero-order valence-corrected chi connectivity index (χ0v) is 39.7. The van der Waals surface area contributed by atoms with Crippen LogP contribution in [0.1, 0.15) is 83.3 Å². The molecule has 67 heavy (non-hydrogen) atoms. The number of carbonyl (C=O) groups excluding carboxylic acids is 2. The van der Waals surface area contributed by atoms with Gasteiger partial charge in [0.15, 0.2) is 29.6 Å². The Balaban J connectivity index is 0.956. The maximum atomic E-state index is 15.2. The number of piperidine rings is 1. The summed E-state index contributed by atoms with van der Waals surface area (Å²) in [6.07, 6.45) is 4.70. The summed E-state index contributed by atoms with van der Waals surface area (Å²) in [5, 5.41) is 0.885. The number of carbonyl (C=O) groups is 2. The van der Waals surface area contributed by atoms with Crippen molar-refractivity contribution < 1.29 is 50.9 Å². The van der Waals surface area contributed by atoms with E-state index in [1.807, 2.05) is 48.2 Å². The van der Waals surface area contributed by atoms with Gasteiger partial charge in [0.25, 0.3) is 0 Å². The second-order valence-electron chi connectivity index (χ2n) is 17.7. The minimum atomic E-state index is -0.836. The number of esters is 1. The van der Waals surface area contributed by atoms with Gasteiger partial charge in [0.1, 0.15) is 30.5 Å². The minimum absolute atomic E-state index is 0.0295. The molecule has 358 valence electrons. The standard InChI is InChI=1S/C50H56Cl2N2O13/c1-29-18-42(51)46(43(52)19-29)61-17-16-60-37-11-7-34(8-12-37)39-13-14-53(26-44-30(2)64-49(57)66-44)25-41(39)47(55)54(36-9-10-36)24-33-20-32(6-5-15-59-4)21-38(22-33)62-27-35-23-40(35)48(56)63-28-45-31(3)65-50(58)67-45/h7-8,11-12,18-22,35-36,39-41H,5-6,9-10,13-17,23-28H2,1-4H3/t35-,39+,40+,41-/m0/s1. The number of hydrogen-bond donors (Lipinski definition) is 0. The SMILES string of the molecule is COCCCc1cc(CN(C(=O)[C@H]2CN(Cc3oc(=O)oc3C)CC[C@@H]2c2ccc(OCCOc3c(Cl)cc(C)cc3Cl)cc2)C2CC2)cc(OC[C@@H]2C[C@H]2C(=O)OCc2oc(=O)oc2C)c1. The van der Waals surface area contributed by atoms with Crippen molar-refractivity contribution in [2.75, 3.05) is 46.6 Å². The number of likely N-dealkylation sites (tertiary alicyclic amines) is 1. The molecule has 0 spiro atoms. The molecule has 4 atom stereocenters. The van der Waals surface area contributed by atoms with E-state index in [0.717, 1.165) is 47.9 Å². The Hall–Kier alpha value is -5.48. The summed E-state index contributed by atoms with van der Waals surface area (Å²) in [6, 6.07) is 17.7. The Labute approximate surface area is 398 Å². The number of ether oxygens (including phenoxy) is 5. The van der Waals surface area contributed by atoms with Crippen LogP contribution in [-0.2, 0) is 45.2 Å². The van der Waals surface area contributed by atoms with Crippen molar-refractivity contribution in [3.05, 3.63) is 131 Å². The van der Waals surface area contributed by atoms with Gasteiger partial charge in [0.05, 0.1) is 35.0 Å². The summed E-state index contributed by atoms with van der Waals surface area (Å²) in [5.41, 5.74) is 3.98. The molecule has 3 aliphatic rings. The number of amides is 1. The first-order valence-electron chi connectivity index (χ1n) is 22.8. The second-order valence-corrected chi connectivity index (χ2v) is 18.5. The lowest BCUT2D eigenvalue weighted by atomic mass is 9.79. The molecule has 2 aliphatic carbocycles. The number of rotatable bonds is 22. The summed E-state index contributed by atoms with van der Waals surface area (Å²) in [6.45, 7) is 8.31. The van der Waals surface area contributed by atoms with Gasteiger partial charge in [-0.2, -0.15) is 0 Å². The van der Waals surface area contributed by atoms with E-state index in [1.165, 1.54) is 0 Å². The molecule has 15 nitrogen and oxygen atoms in total. The first-order chi connectivity index (χ1) is 32.3. The molecule has 5 aromatic rings. The Morgan fingerprint density at radius 3 is 2.13 bits per heavy atom. The number of hydrogen-bond acceptors (Lipinski definition) is 14. The van der Waals surface area contributed by atoms with Crippen molar-refractivity contribution in [2.45, 2.75) is 91.0 Å². The number of nitrogens with zero attached hydrogens (tertiary/aromatic N) is 2. The van der Waals surface area contributed by atoms with Crippen LogP contribution in [0.25, 0.3) is 0 Å². The number of halogens is 2. The second kappa shape index (κ2) is 21.6. The maximum absolute atomic E-state index is 15.2. The highest BCUT2D eigenvalue weighted by Gasteiger charge is 2.45. The van der Waals surface area contributed by atoms with Gasteiger partial charge < -0.3 is 46.3 Å². The molecule has 1 amide bonds. The molecular weight excluding hydrogens is 907 g/mol. The zero-order chi connectivity index (χ0) is 47.2. The topological polar surface area (TPSA) is 173 Å². The summed E-state index contributed by atoms with van der Waals surface area (Å²) in [7, 11) is 1.68. The maximum Gasteiger partial charge on any atom is 0.519 e. The normalized spacial score (nSPS) is 19.3. The predicted molar refractivity (Wildman–Crippen MR) is 246 cm³/mol. The van der Waals surface area contributed by atoms with Crippen LogP contribution in [0, 0.1) is 38.5 Å². The summed E-state index contributed by atoms with van der Waals surface area (Å²) >= 11 is 12.7. The van der Waals surface area contributed by atoms with Crippen LogP contribution in [0.2, 0.25) is 10.0 Å². The Kier molecular flexibility index (Phi) is 15.5. The molecule has 0 radical (unpaired) electrons. The molecule has 3 heterocycles. The lowest BCUT2D eigenvalue weighted by Crippen LogP contribution is -2.48. The van der Waals surface area contributed by atoms with E-state index < -0.39 is 17.6 Å². The third-order valence-corrected chi connectivity index (χ3v) is 13.2. The number of methoxy groups -OCH3 is 1. The quantitative estimate of drug-likeness (QED) is 0.0477. The summed E-state index contributed by atoms with van der Waals surface area (Å²) in [4.78, 5) is 55.5. The molecule has 2 aromatic heterocycles. The fourth-order valence-corrected chi connectivity index (χ4v) is 9.50. The first kappa shape index (κ1) is 48.0. The lowest BCUT2D eigenvalue weighted by Gasteiger charge is -2.40. The van der Waals surface area contributed by atoms with Gasteiger partial charge >= 0.3 is 17.6 Å². The van der Waals surface area contributed by atoms with Crippen molar-refractivity contribution >= 4 is 35.1 Å². The summed E-state index contributed by atoms with van der Waals surface area (Å²) in [5.74, 6) is 0.353. The monoisotopic (exact) mass is 962 g/mol. The average Bonchev–Trinajstić information content (AvgIpc) is 4.23. The summed E-state index contributed by atoms with van der Waals surface area (Å²) < 4.78 is 49.4. The molecule has 0 bridgehead atoms. The van der Waals surface area contributed by atoms with Gasteiger partial charge in [-0.25, -0.2) is 9.59 Å². The molecular formula is C50H56Cl2N2O13. The van der Waals surface area contributed by atoms with Crippen LogP contribution in [0.5, 0.6) is 17.2 Å². The van der Waals surface area contributed by atoms with Gasteiger partial charge in [-0.1, -0.05) is 41.4 Å². The molecule has 0 unspecified atom stereocenters. The lowest BCUT2D eigenvalue weighted by molar-refractivity contribution is -0.147. The highest BCUT2D eigenvalue weighted by atomic mass is 35.5. The smallest absolute Gasteiger partial charge is 0.493 e. The van der Waals surface area contributed by atoms with Crippen LogP contribution in [-0.4, -0.2) is 74.3 Å². The molecule has 17 heteroatoms. The van der Waals surface area contributed by atoms with Crippen molar-refractivity contribution in [1.82, 2.24) is 9.80 Å². The highest BCUT2D eigenvalue weighted by Crippen LogP contribution is 2.42. The van der Waals surface area contributed by atoms with Crippen LogP contribution in [0.15, 0.2) is 81.9 Å². The van der Waals surface area contributed by atoms with E-state index >= 15 is 4.79 Å². The van der Waals surface area contributed by atoms with Crippen molar-refractivity contribution in [3.8, 4) is 17.2 Å². The zero-order valence-electron chi connectivity index (χ0n) is 38.1. The molecule has 8 rings (SSSR count). The van der Waals surface area contributed by atoms with Crippen molar-refractivity contribution in [2.24, 2.45) is 17.8 Å². The van der Waals surface area contributed by atoms with E-state index in [1.54, 1.807) is 33.1 Å². The van der Waals surface area contributed by atoms with E-state index in [0.29, 0.717) is 91.0 Å². The van der Waals surface area contributed by atoms with Crippen LogP contribution in [0.4, 0.5) is 0 Å². The largest absolute Gasteiger partial charge is 0.519 e. The molecule has 1 saturated heterocycles. The van der Waals surface area contributed by atoms with Crippen molar-refractivity contribution in [3.63, 3.8) is 0 Å². The Bertz CT molecular complexity index is 2610. The van der Waals surface area contributed by atoms with Gasteiger partial charge in [-0.05, 0) is 130 Å². The molecule has 1 aliphatic heterocycles. The Morgan fingerprint density at radius 2 is 1.46 bits per heavy atom. The van der Waals surface area contributed by atoms with Gasteiger partial charge in [0, 0.05) is 38.8 Å². The van der Waals surface area contributed by atoms with Crippen LogP contribution < -0.4 is 25.9 Å². The number of aryl methyl sites for hydroxylation is 4.